The second-order valence-corrected chi connectivity index (χ2v) is 2.52. The minimum atomic E-state index is -0.164. The summed E-state index contributed by atoms with van der Waals surface area (Å²) in [6.45, 7) is 0. The Kier molecular flexibility index (Phi) is 1.84. The van der Waals surface area contributed by atoms with Gasteiger partial charge in [-0.15, -0.1) is 0 Å². The predicted molar refractivity (Wildman–Crippen MR) is 47.8 cm³/mol. The molecule has 0 unspecified atom stereocenters. The van der Waals surface area contributed by atoms with Crippen LogP contribution in [0.1, 0.15) is 5.82 Å². The van der Waals surface area contributed by atoms with E-state index in [0.29, 0.717) is 11.2 Å². The van der Waals surface area contributed by atoms with Crippen LogP contribution in [0.15, 0.2) is 23.5 Å². The van der Waals surface area contributed by atoms with Crippen molar-refractivity contribution in [3.63, 3.8) is 0 Å². The molecule has 0 bridgehead atoms. The van der Waals surface area contributed by atoms with Gasteiger partial charge < -0.3 is 10.2 Å². The van der Waals surface area contributed by atoms with Crippen molar-refractivity contribution in [2.24, 2.45) is 5.16 Å². The number of hydrogen-bond acceptors (Lipinski definition) is 5. The van der Waals surface area contributed by atoms with E-state index in [4.69, 9.17) is 10.5 Å². The fourth-order valence-electron chi connectivity index (χ4n) is 1.08. The molecule has 68 valence electrons. The van der Waals surface area contributed by atoms with Gasteiger partial charge in [0.15, 0.2) is 11.5 Å². The Morgan fingerprint density at radius 3 is 3.14 bits per heavy atom. The van der Waals surface area contributed by atoms with Gasteiger partial charge in [-0.2, -0.15) is 5.26 Å². The Bertz CT molecular complexity index is 503. The maximum absolute atomic E-state index is 8.58. The fraction of sp³-hybridized carbons (Fsp3) is 0. The van der Waals surface area contributed by atoms with Crippen molar-refractivity contribution in [1.82, 2.24) is 15.0 Å². The van der Waals surface area contributed by atoms with Crippen molar-refractivity contribution < 1.29 is 5.21 Å². The van der Waals surface area contributed by atoms with Gasteiger partial charge in [0.2, 0.25) is 5.71 Å². The molecule has 0 saturated heterocycles. The number of rotatable bonds is 1. The Morgan fingerprint density at radius 1 is 1.64 bits per heavy atom. The van der Waals surface area contributed by atoms with Crippen LogP contribution in [-0.4, -0.2) is 25.9 Å². The van der Waals surface area contributed by atoms with Gasteiger partial charge in [-0.25, -0.2) is 9.97 Å². The number of nitriles is 1. The summed E-state index contributed by atoms with van der Waals surface area (Å²) >= 11 is 0. The number of aromatic nitrogens is 3. The van der Waals surface area contributed by atoms with Crippen LogP contribution in [0.2, 0.25) is 0 Å². The van der Waals surface area contributed by atoms with E-state index in [1.54, 1.807) is 24.4 Å². The average Bonchev–Trinajstić information content (AvgIpc) is 2.63. The number of nitrogens with one attached hydrogen (secondary N) is 1. The molecule has 0 aliphatic carbocycles. The summed E-state index contributed by atoms with van der Waals surface area (Å²) in [6, 6.07) is 5.22. The average molecular weight is 187 g/mol. The summed E-state index contributed by atoms with van der Waals surface area (Å²) in [4.78, 5) is 10.7. The molecule has 2 aromatic heterocycles. The van der Waals surface area contributed by atoms with Gasteiger partial charge in [0.25, 0.3) is 0 Å². The summed E-state index contributed by atoms with van der Waals surface area (Å²) in [6.07, 6.45) is 1.59. The number of hydrogen-bond donors (Lipinski definition) is 2. The van der Waals surface area contributed by atoms with Crippen LogP contribution in [0.3, 0.4) is 0 Å². The Balaban J connectivity index is 2.62. The summed E-state index contributed by atoms with van der Waals surface area (Å²) in [5.41, 5.74) is 1.01. The van der Waals surface area contributed by atoms with Crippen LogP contribution in [0.4, 0.5) is 0 Å². The normalized spacial score (nSPS) is 11.5. The summed E-state index contributed by atoms with van der Waals surface area (Å²) in [5.74, 6) is 0.212. The molecule has 0 atom stereocenters. The molecule has 0 spiro atoms. The van der Waals surface area contributed by atoms with E-state index >= 15 is 0 Å². The van der Waals surface area contributed by atoms with Gasteiger partial charge in [-0.05, 0) is 12.1 Å². The van der Waals surface area contributed by atoms with Crippen molar-refractivity contribution in [1.29, 1.82) is 5.26 Å². The Morgan fingerprint density at radius 2 is 2.50 bits per heavy atom. The van der Waals surface area contributed by atoms with E-state index in [0.717, 1.165) is 0 Å². The lowest BCUT2D eigenvalue weighted by Gasteiger charge is -1.84. The zero-order valence-electron chi connectivity index (χ0n) is 6.97. The number of H-pyrrole nitrogens is 1. The third kappa shape index (κ3) is 1.17. The van der Waals surface area contributed by atoms with Crippen molar-refractivity contribution in [2.45, 2.75) is 0 Å². The summed E-state index contributed by atoms with van der Waals surface area (Å²) < 4.78 is 0. The smallest absolute Gasteiger partial charge is 0.221 e. The molecule has 14 heavy (non-hydrogen) atoms. The minimum Gasteiger partial charge on any atom is -0.410 e. The molecule has 6 heteroatoms. The van der Waals surface area contributed by atoms with Crippen molar-refractivity contribution in [2.75, 3.05) is 0 Å². The monoisotopic (exact) mass is 187 g/mol. The molecule has 2 rings (SSSR count). The lowest BCUT2D eigenvalue weighted by molar-refractivity contribution is 0.320. The second-order valence-electron chi connectivity index (χ2n) is 2.52. The van der Waals surface area contributed by atoms with Crippen LogP contribution >= 0.6 is 0 Å². The lowest BCUT2D eigenvalue weighted by Crippen LogP contribution is -1.99. The minimum absolute atomic E-state index is 0.164. The SMILES string of the molecule is N#C/C(=N/O)c1nc2ncccc2[nH]1. The third-order valence-electron chi connectivity index (χ3n) is 1.69. The van der Waals surface area contributed by atoms with Gasteiger partial charge in [0.05, 0.1) is 5.52 Å². The number of fused-ring (bicyclic) bond motifs is 1. The van der Waals surface area contributed by atoms with E-state index in [9.17, 15) is 0 Å². The van der Waals surface area contributed by atoms with E-state index in [1.165, 1.54) is 0 Å². The number of pyridine rings is 1. The van der Waals surface area contributed by atoms with Gasteiger partial charge in [0, 0.05) is 6.20 Å². The molecule has 0 saturated carbocycles. The zero-order valence-corrected chi connectivity index (χ0v) is 6.97. The van der Waals surface area contributed by atoms with Crippen LogP contribution in [0, 0.1) is 11.3 Å². The highest BCUT2D eigenvalue weighted by Crippen LogP contribution is 2.07. The standard InChI is InChI=1S/C8H5N5O/c9-4-6(13-14)8-11-5-2-1-3-10-7(5)12-8/h1-3,14H,(H,10,11,12)/b13-6-. The first-order chi connectivity index (χ1) is 6.85. The first kappa shape index (κ1) is 8.19. The molecule has 2 aromatic rings. The van der Waals surface area contributed by atoms with Gasteiger partial charge in [-0.1, -0.05) is 5.16 Å². The van der Waals surface area contributed by atoms with E-state index < -0.39 is 0 Å². The molecule has 0 aliphatic heterocycles. The van der Waals surface area contributed by atoms with Crippen LogP contribution in [0.5, 0.6) is 0 Å². The first-order valence-electron chi connectivity index (χ1n) is 3.78. The molecule has 0 aliphatic rings. The van der Waals surface area contributed by atoms with E-state index in [1.807, 2.05) is 0 Å². The molecule has 0 radical (unpaired) electrons. The number of imidazole rings is 1. The molecular weight excluding hydrogens is 182 g/mol. The van der Waals surface area contributed by atoms with Crippen molar-refractivity contribution in [3.8, 4) is 6.07 Å². The fourth-order valence-corrected chi connectivity index (χ4v) is 1.08. The number of nitrogens with zero attached hydrogens (tertiary/aromatic N) is 4. The predicted octanol–water partition coefficient (Wildman–Crippen LogP) is 0.660. The molecular formula is C8H5N5O. The molecule has 2 N–H and O–H groups in total. The van der Waals surface area contributed by atoms with E-state index in [-0.39, 0.29) is 11.5 Å². The van der Waals surface area contributed by atoms with Crippen LogP contribution in [0.25, 0.3) is 11.2 Å². The first-order valence-corrected chi connectivity index (χ1v) is 3.78. The van der Waals surface area contributed by atoms with Crippen LogP contribution in [-0.2, 0) is 0 Å². The quantitative estimate of drug-likeness (QED) is 0.389. The van der Waals surface area contributed by atoms with Gasteiger partial charge in [0.1, 0.15) is 6.07 Å². The maximum atomic E-state index is 8.58. The van der Waals surface area contributed by atoms with E-state index in [2.05, 4.69) is 20.1 Å². The molecule has 0 fully saturated rings. The summed E-state index contributed by atoms with van der Waals surface area (Å²) in [5, 5.41) is 19.9. The number of oxime groups is 1. The topological polar surface area (TPSA) is 97.9 Å². The number of aromatic amines is 1. The molecule has 6 nitrogen and oxygen atoms in total. The highest BCUT2D eigenvalue weighted by atomic mass is 16.4. The highest BCUT2D eigenvalue weighted by Gasteiger charge is 2.09. The molecule has 0 aromatic carbocycles. The lowest BCUT2D eigenvalue weighted by atomic mass is 10.4. The van der Waals surface area contributed by atoms with Gasteiger partial charge >= 0.3 is 0 Å². The molecule has 2 heterocycles. The highest BCUT2D eigenvalue weighted by molar-refractivity contribution is 6.09. The maximum Gasteiger partial charge on any atom is 0.221 e. The third-order valence-corrected chi connectivity index (χ3v) is 1.69. The largest absolute Gasteiger partial charge is 0.410 e. The summed E-state index contributed by atoms with van der Waals surface area (Å²) in [7, 11) is 0. The van der Waals surface area contributed by atoms with Crippen LogP contribution < -0.4 is 0 Å². The molecule has 0 amide bonds. The van der Waals surface area contributed by atoms with Gasteiger partial charge in [-0.3, -0.25) is 0 Å². The second kappa shape index (κ2) is 3.14. The van der Waals surface area contributed by atoms with Crippen molar-refractivity contribution >= 4 is 16.9 Å². The van der Waals surface area contributed by atoms with Crippen molar-refractivity contribution in [3.05, 3.63) is 24.2 Å². The Hall–Kier alpha value is -2.42. The Labute approximate surface area is 78.5 Å². The zero-order chi connectivity index (χ0) is 9.97.